The minimum atomic E-state index is 0. The van der Waals surface area contributed by atoms with E-state index in [1.807, 2.05) is 0 Å². The van der Waals surface area contributed by atoms with Crippen molar-refractivity contribution >= 4 is 39.8 Å². The number of aliphatic imine (C=N–C) groups is 1. The average Bonchev–Trinajstić information content (AvgIpc) is 2.36. The molecular weight excluding hydrogens is 228 g/mol. The second-order valence-corrected chi connectivity index (χ2v) is 3.37. The second kappa shape index (κ2) is 3.58. The highest BCUT2D eigenvalue weighted by Crippen LogP contribution is 2.21. The number of nitrogens with zero attached hydrogens (tertiary/aromatic N) is 2. The molecule has 5 heteroatoms. The lowest BCUT2D eigenvalue weighted by Gasteiger charge is -2.21. The van der Waals surface area contributed by atoms with E-state index in [0.717, 1.165) is 24.0 Å². The van der Waals surface area contributed by atoms with Crippen LogP contribution in [0.3, 0.4) is 0 Å². The van der Waals surface area contributed by atoms with E-state index in [1.54, 1.807) is 16.7 Å². The molecule has 2 heterocycles. The first-order valence-corrected chi connectivity index (χ1v) is 4.34. The zero-order valence-corrected chi connectivity index (χ0v) is 8.48. The average molecular weight is 237 g/mol. The Labute approximate surface area is 80.0 Å². The van der Waals surface area contributed by atoms with E-state index in [0.29, 0.717) is 6.42 Å². The van der Waals surface area contributed by atoms with Gasteiger partial charge < -0.3 is 0 Å². The Balaban J connectivity index is 0.000000605. The Morgan fingerprint density at radius 1 is 1.55 bits per heavy atom. The first kappa shape index (κ1) is 9.06. The Morgan fingerprint density at radius 2 is 2.36 bits per heavy atom. The molecule has 2 aliphatic rings. The number of thioether (sulfide) groups is 1. The number of rotatable bonds is 0. The predicted molar refractivity (Wildman–Crippen MR) is 51.4 cm³/mol. The third-order valence-corrected chi connectivity index (χ3v) is 2.67. The zero-order chi connectivity index (χ0) is 6.97. The number of fused-ring (bicyclic) bond motifs is 1. The molecule has 0 saturated carbocycles. The molecule has 0 atom stereocenters. The van der Waals surface area contributed by atoms with Crippen molar-refractivity contribution in [2.45, 2.75) is 6.42 Å². The van der Waals surface area contributed by atoms with Crippen molar-refractivity contribution in [3.05, 3.63) is 0 Å². The van der Waals surface area contributed by atoms with Gasteiger partial charge >= 0.3 is 0 Å². The summed E-state index contributed by atoms with van der Waals surface area (Å²) in [4.78, 5) is 17.1. The minimum absolute atomic E-state index is 0. The number of amidine groups is 1. The van der Waals surface area contributed by atoms with Crippen molar-refractivity contribution in [2.24, 2.45) is 4.99 Å². The molecule has 0 radical (unpaired) electrons. The maximum Gasteiger partial charge on any atom is 0.229 e. The van der Waals surface area contributed by atoms with E-state index in [1.165, 1.54) is 0 Å². The monoisotopic (exact) mass is 236 g/mol. The van der Waals surface area contributed by atoms with Gasteiger partial charge in [-0.15, -0.1) is 17.0 Å². The number of hydrogen-bond donors (Lipinski definition) is 0. The van der Waals surface area contributed by atoms with Crippen molar-refractivity contribution < 1.29 is 4.79 Å². The van der Waals surface area contributed by atoms with Crippen LogP contribution in [-0.4, -0.2) is 34.8 Å². The molecule has 0 aromatic rings. The summed E-state index contributed by atoms with van der Waals surface area (Å²) in [7, 11) is 0. The lowest BCUT2D eigenvalue weighted by atomic mass is 10.4. The van der Waals surface area contributed by atoms with E-state index >= 15 is 0 Å². The van der Waals surface area contributed by atoms with E-state index in [-0.39, 0.29) is 22.9 Å². The van der Waals surface area contributed by atoms with Gasteiger partial charge in [-0.3, -0.25) is 14.7 Å². The Morgan fingerprint density at radius 3 is 3.09 bits per heavy atom. The Hall–Kier alpha value is -0.0300. The number of amides is 1. The molecule has 1 fully saturated rings. The van der Waals surface area contributed by atoms with Gasteiger partial charge in [0.15, 0.2) is 5.17 Å². The molecule has 1 saturated heterocycles. The molecular formula is C6H9BrN2OS. The van der Waals surface area contributed by atoms with Gasteiger partial charge in [0.25, 0.3) is 0 Å². The van der Waals surface area contributed by atoms with Crippen LogP contribution in [0.25, 0.3) is 0 Å². The summed E-state index contributed by atoms with van der Waals surface area (Å²) >= 11 is 1.69. The first-order valence-electron chi connectivity index (χ1n) is 3.35. The van der Waals surface area contributed by atoms with E-state index < -0.39 is 0 Å². The highest BCUT2D eigenvalue weighted by atomic mass is 79.9. The van der Waals surface area contributed by atoms with Crippen LogP contribution in [0.15, 0.2) is 4.99 Å². The van der Waals surface area contributed by atoms with Crippen LogP contribution < -0.4 is 0 Å². The van der Waals surface area contributed by atoms with Crippen molar-refractivity contribution in [1.82, 2.24) is 4.90 Å². The molecule has 1 amide bonds. The number of carbonyl (C=O) groups excluding carboxylic acids is 1. The van der Waals surface area contributed by atoms with Gasteiger partial charge in [0, 0.05) is 18.7 Å². The SMILES string of the molecule is Br.O=C1CCSC2=NCCN12. The molecule has 11 heavy (non-hydrogen) atoms. The Kier molecular flexibility index (Phi) is 2.95. The number of carbonyl (C=O) groups is 1. The van der Waals surface area contributed by atoms with Gasteiger partial charge in [0.05, 0.1) is 6.54 Å². The highest BCUT2D eigenvalue weighted by molar-refractivity contribution is 8.93. The summed E-state index contributed by atoms with van der Waals surface area (Å²) in [5, 5.41) is 0.941. The normalized spacial score (nSPS) is 22.4. The molecule has 0 N–H and O–H groups in total. The van der Waals surface area contributed by atoms with Gasteiger partial charge in [-0.25, -0.2) is 0 Å². The summed E-state index contributed by atoms with van der Waals surface area (Å²) in [6.07, 6.45) is 0.684. The second-order valence-electron chi connectivity index (χ2n) is 2.31. The molecule has 0 bridgehead atoms. The van der Waals surface area contributed by atoms with Crippen molar-refractivity contribution in [3.63, 3.8) is 0 Å². The first-order chi connectivity index (χ1) is 4.88. The largest absolute Gasteiger partial charge is 0.290 e. The van der Waals surface area contributed by atoms with Crippen molar-refractivity contribution in [3.8, 4) is 0 Å². The van der Waals surface area contributed by atoms with Gasteiger partial charge in [0.2, 0.25) is 5.91 Å². The summed E-state index contributed by atoms with van der Waals surface area (Å²) in [6.45, 7) is 1.61. The standard InChI is InChI=1S/C6H8N2OS.BrH/c9-5-1-4-10-6-7-2-3-8(5)6;/h1-4H2;1H. The fraction of sp³-hybridized carbons (Fsp3) is 0.667. The molecule has 0 spiro atoms. The molecule has 0 unspecified atom stereocenters. The molecule has 2 rings (SSSR count). The molecule has 3 nitrogen and oxygen atoms in total. The van der Waals surface area contributed by atoms with Gasteiger partial charge in [-0.2, -0.15) is 0 Å². The van der Waals surface area contributed by atoms with Crippen LogP contribution in [0, 0.1) is 0 Å². The van der Waals surface area contributed by atoms with Crippen LogP contribution in [0.2, 0.25) is 0 Å². The minimum Gasteiger partial charge on any atom is -0.290 e. The van der Waals surface area contributed by atoms with E-state index in [4.69, 9.17) is 0 Å². The fourth-order valence-corrected chi connectivity index (χ4v) is 2.14. The lowest BCUT2D eigenvalue weighted by molar-refractivity contribution is -0.126. The summed E-state index contributed by atoms with van der Waals surface area (Å²) in [6, 6.07) is 0. The fourth-order valence-electron chi connectivity index (χ4n) is 1.15. The van der Waals surface area contributed by atoms with Crippen LogP contribution >= 0.6 is 28.7 Å². The molecule has 0 aliphatic carbocycles. The third kappa shape index (κ3) is 1.59. The van der Waals surface area contributed by atoms with Crippen LogP contribution in [-0.2, 0) is 4.79 Å². The summed E-state index contributed by atoms with van der Waals surface area (Å²) in [5.41, 5.74) is 0. The maximum atomic E-state index is 11.1. The molecule has 0 aromatic heterocycles. The molecule has 2 aliphatic heterocycles. The predicted octanol–water partition coefficient (Wildman–Crippen LogP) is 0.899. The van der Waals surface area contributed by atoms with Crippen molar-refractivity contribution in [1.29, 1.82) is 0 Å². The van der Waals surface area contributed by atoms with Gasteiger partial charge in [-0.1, -0.05) is 11.8 Å². The lowest BCUT2D eigenvalue weighted by Crippen LogP contribution is -2.36. The summed E-state index contributed by atoms with van der Waals surface area (Å²) in [5.74, 6) is 1.16. The topological polar surface area (TPSA) is 32.7 Å². The Bertz CT molecular complexity index is 207. The van der Waals surface area contributed by atoms with Gasteiger partial charge in [0.1, 0.15) is 0 Å². The molecule has 0 aromatic carbocycles. The number of halogens is 1. The smallest absolute Gasteiger partial charge is 0.229 e. The highest BCUT2D eigenvalue weighted by Gasteiger charge is 2.27. The van der Waals surface area contributed by atoms with E-state index in [2.05, 4.69) is 4.99 Å². The zero-order valence-electron chi connectivity index (χ0n) is 5.95. The van der Waals surface area contributed by atoms with Crippen molar-refractivity contribution in [2.75, 3.05) is 18.8 Å². The molecule has 62 valence electrons. The van der Waals surface area contributed by atoms with Crippen LogP contribution in [0.1, 0.15) is 6.42 Å². The quantitative estimate of drug-likeness (QED) is 0.627. The van der Waals surface area contributed by atoms with E-state index in [9.17, 15) is 4.79 Å². The van der Waals surface area contributed by atoms with Gasteiger partial charge in [-0.05, 0) is 0 Å². The maximum absolute atomic E-state index is 11.1. The van der Waals surface area contributed by atoms with Crippen LogP contribution in [0.4, 0.5) is 0 Å². The van der Waals surface area contributed by atoms with Crippen LogP contribution in [0.5, 0.6) is 0 Å². The number of hydrogen-bond acceptors (Lipinski definition) is 3. The summed E-state index contributed by atoms with van der Waals surface area (Å²) < 4.78 is 0. The third-order valence-electron chi connectivity index (χ3n) is 1.65.